The minimum Gasteiger partial charge on any atom is -0.309 e. The highest BCUT2D eigenvalue weighted by atomic mass is 15.0. The van der Waals surface area contributed by atoms with E-state index in [-0.39, 0.29) is 0 Å². The van der Waals surface area contributed by atoms with Crippen LogP contribution in [-0.4, -0.2) is 18.7 Å². The molecule has 0 radical (unpaired) electrons. The largest absolute Gasteiger partial charge is 0.309 e. The highest BCUT2D eigenvalue weighted by Crippen LogP contribution is 2.39. The second-order valence-electron chi connectivity index (χ2n) is 13.3. The maximum Gasteiger partial charge on any atom is 0.0651 e. The van der Waals surface area contributed by atoms with Crippen LogP contribution >= 0.6 is 0 Å². The van der Waals surface area contributed by atoms with Crippen molar-refractivity contribution >= 4 is 65.4 Å². The summed E-state index contributed by atoms with van der Waals surface area (Å²) in [5, 5.41) is 7.41. The number of pyridine rings is 1. The molecule has 4 aromatic heterocycles. The van der Waals surface area contributed by atoms with Crippen molar-refractivity contribution in [1.82, 2.24) is 18.7 Å². The summed E-state index contributed by atoms with van der Waals surface area (Å²) in [4.78, 5) is 4.75. The normalized spacial score (nSPS) is 11.9. The van der Waals surface area contributed by atoms with Crippen LogP contribution in [0.5, 0.6) is 0 Å². The average molecular weight is 651 g/mol. The Kier molecular flexibility index (Phi) is 5.92. The Bertz CT molecular complexity index is 2860. The minimum absolute atomic E-state index is 1.03. The summed E-state index contributed by atoms with van der Waals surface area (Å²) in [6, 6.07) is 61.4. The zero-order chi connectivity index (χ0) is 33.5. The van der Waals surface area contributed by atoms with E-state index in [4.69, 9.17) is 4.98 Å². The van der Waals surface area contributed by atoms with Gasteiger partial charge in [-0.15, -0.1) is 0 Å². The molecular weight excluding hydrogens is 621 g/mol. The molecule has 0 saturated carbocycles. The lowest BCUT2D eigenvalue weighted by atomic mass is 10.1. The van der Waals surface area contributed by atoms with Gasteiger partial charge in [0.2, 0.25) is 0 Å². The monoisotopic (exact) mass is 650 g/mol. The molecule has 4 heteroatoms. The van der Waals surface area contributed by atoms with Crippen LogP contribution < -0.4 is 0 Å². The van der Waals surface area contributed by atoms with E-state index in [1.807, 2.05) is 12.4 Å². The van der Waals surface area contributed by atoms with Crippen LogP contribution in [0.1, 0.15) is 0 Å². The van der Waals surface area contributed by atoms with Crippen LogP contribution in [0.15, 0.2) is 182 Å². The lowest BCUT2D eigenvalue weighted by Gasteiger charge is -2.11. The molecule has 11 aromatic rings. The van der Waals surface area contributed by atoms with Gasteiger partial charge in [0.25, 0.3) is 0 Å². The average Bonchev–Trinajstić information content (AvgIpc) is 3.83. The van der Waals surface area contributed by atoms with Gasteiger partial charge in [0.05, 0.1) is 45.0 Å². The molecule has 0 aliphatic heterocycles. The van der Waals surface area contributed by atoms with E-state index in [1.165, 1.54) is 54.4 Å². The van der Waals surface area contributed by atoms with Crippen LogP contribution in [0.2, 0.25) is 0 Å². The number of rotatable bonds is 4. The lowest BCUT2D eigenvalue weighted by molar-refractivity contribution is 1.13. The van der Waals surface area contributed by atoms with E-state index >= 15 is 0 Å². The molecule has 51 heavy (non-hydrogen) atoms. The molecule has 0 aliphatic rings. The van der Waals surface area contributed by atoms with Crippen LogP contribution in [0.25, 0.3) is 93.6 Å². The van der Waals surface area contributed by atoms with Crippen molar-refractivity contribution in [2.75, 3.05) is 0 Å². The van der Waals surface area contributed by atoms with Crippen LogP contribution in [0, 0.1) is 0 Å². The molecule has 0 spiro atoms. The van der Waals surface area contributed by atoms with Crippen molar-refractivity contribution in [3.63, 3.8) is 0 Å². The van der Waals surface area contributed by atoms with Gasteiger partial charge in [0.1, 0.15) is 0 Å². The number of aromatic nitrogens is 4. The summed E-state index contributed by atoms with van der Waals surface area (Å²) < 4.78 is 7.18. The van der Waals surface area contributed by atoms with Crippen LogP contribution in [0.3, 0.4) is 0 Å². The third kappa shape index (κ3) is 4.11. The standard InChI is InChI=1S/C47H30N4/c1-2-12-31(13-3-1)32-26-35(30-48-29-32)51-46-24-22-33(49-42-18-8-4-14-36(42)37-15-5-9-19-43(37)49)27-40(46)41-28-34(23-25-47(41)51)50-44-20-10-6-16-38(44)39-17-7-11-21-45(39)50/h1-30H. The van der Waals surface area contributed by atoms with Crippen molar-refractivity contribution in [2.45, 2.75) is 0 Å². The summed E-state index contributed by atoms with van der Waals surface area (Å²) in [7, 11) is 0. The predicted molar refractivity (Wildman–Crippen MR) is 213 cm³/mol. The van der Waals surface area contributed by atoms with Gasteiger partial charge < -0.3 is 13.7 Å². The van der Waals surface area contributed by atoms with Gasteiger partial charge in [0, 0.05) is 55.5 Å². The Morgan fingerprint density at radius 2 is 0.667 bits per heavy atom. The smallest absolute Gasteiger partial charge is 0.0651 e. The predicted octanol–water partition coefficient (Wildman–Crippen LogP) is 12.0. The minimum atomic E-state index is 1.03. The van der Waals surface area contributed by atoms with Crippen molar-refractivity contribution in [3.8, 4) is 28.2 Å². The molecule has 0 amide bonds. The zero-order valence-electron chi connectivity index (χ0n) is 27.6. The number of benzene rings is 7. The van der Waals surface area contributed by atoms with Crippen molar-refractivity contribution in [2.24, 2.45) is 0 Å². The first-order chi connectivity index (χ1) is 25.3. The van der Waals surface area contributed by atoms with Gasteiger partial charge in [-0.2, -0.15) is 0 Å². The molecule has 11 rings (SSSR count). The van der Waals surface area contributed by atoms with E-state index in [1.54, 1.807) is 0 Å². The fourth-order valence-corrected chi connectivity index (χ4v) is 8.30. The quantitative estimate of drug-likeness (QED) is 0.186. The van der Waals surface area contributed by atoms with E-state index in [9.17, 15) is 0 Å². The van der Waals surface area contributed by atoms with E-state index in [0.717, 1.165) is 39.2 Å². The molecule has 0 saturated heterocycles. The first-order valence-corrected chi connectivity index (χ1v) is 17.4. The third-order valence-corrected chi connectivity index (χ3v) is 10.5. The second kappa shape index (κ2) is 10.8. The fourth-order valence-electron chi connectivity index (χ4n) is 8.30. The molecule has 0 fully saturated rings. The van der Waals surface area contributed by atoms with Gasteiger partial charge in [-0.25, -0.2) is 0 Å². The van der Waals surface area contributed by atoms with E-state index in [0.29, 0.717) is 0 Å². The molecule has 238 valence electrons. The first kappa shape index (κ1) is 28.0. The molecule has 0 N–H and O–H groups in total. The van der Waals surface area contributed by atoms with E-state index < -0.39 is 0 Å². The molecule has 0 bridgehead atoms. The Morgan fingerprint density at radius 1 is 0.275 bits per heavy atom. The molecule has 0 aliphatic carbocycles. The Labute approximate surface area is 293 Å². The van der Waals surface area contributed by atoms with Crippen molar-refractivity contribution in [3.05, 3.63) is 182 Å². The van der Waals surface area contributed by atoms with Crippen molar-refractivity contribution < 1.29 is 0 Å². The Balaban J connectivity index is 1.22. The topological polar surface area (TPSA) is 27.7 Å². The zero-order valence-corrected chi connectivity index (χ0v) is 27.6. The number of hydrogen-bond donors (Lipinski definition) is 0. The summed E-state index contributed by atoms with van der Waals surface area (Å²) in [5.41, 5.74) is 12.6. The number of hydrogen-bond acceptors (Lipinski definition) is 1. The fraction of sp³-hybridized carbons (Fsp3) is 0. The second-order valence-corrected chi connectivity index (χ2v) is 13.3. The van der Waals surface area contributed by atoms with Gasteiger partial charge >= 0.3 is 0 Å². The number of nitrogens with zero attached hydrogens (tertiary/aromatic N) is 4. The van der Waals surface area contributed by atoms with Gasteiger partial charge in [0.15, 0.2) is 0 Å². The summed E-state index contributed by atoms with van der Waals surface area (Å²) >= 11 is 0. The number of para-hydroxylation sites is 4. The molecule has 4 heterocycles. The maximum absolute atomic E-state index is 4.75. The molecular formula is C47H30N4. The van der Waals surface area contributed by atoms with Crippen LogP contribution in [0.4, 0.5) is 0 Å². The summed E-state index contributed by atoms with van der Waals surface area (Å²) in [6.07, 6.45) is 3.93. The SMILES string of the molecule is c1ccc(-c2cncc(-n3c4ccc(-n5c6ccccc6c6ccccc65)cc4c4cc(-n5c6ccccc6c6ccccc65)ccc43)c2)cc1. The maximum atomic E-state index is 4.75. The van der Waals surface area contributed by atoms with Gasteiger partial charge in [-0.05, 0) is 72.3 Å². The molecule has 0 atom stereocenters. The molecule has 7 aromatic carbocycles. The van der Waals surface area contributed by atoms with Gasteiger partial charge in [-0.1, -0.05) is 103 Å². The Morgan fingerprint density at radius 3 is 1.14 bits per heavy atom. The van der Waals surface area contributed by atoms with Crippen LogP contribution in [-0.2, 0) is 0 Å². The lowest BCUT2D eigenvalue weighted by Crippen LogP contribution is -1.97. The highest BCUT2D eigenvalue weighted by molar-refractivity contribution is 6.14. The van der Waals surface area contributed by atoms with E-state index in [2.05, 4.69) is 184 Å². The first-order valence-electron chi connectivity index (χ1n) is 17.4. The highest BCUT2D eigenvalue weighted by Gasteiger charge is 2.19. The summed E-state index contributed by atoms with van der Waals surface area (Å²) in [5.74, 6) is 0. The third-order valence-electron chi connectivity index (χ3n) is 10.5. The van der Waals surface area contributed by atoms with Gasteiger partial charge in [-0.3, -0.25) is 4.98 Å². The summed E-state index contributed by atoms with van der Waals surface area (Å²) in [6.45, 7) is 0. The Hall–Kier alpha value is -6.91. The molecule has 4 nitrogen and oxygen atoms in total. The van der Waals surface area contributed by atoms with Crippen molar-refractivity contribution in [1.29, 1.82) is 0 Å². The molecule has 0 unspecified atom stereocenters. The number of fused-ring (bicyclic) bond motifs is 9.